The van der Waals surface area contributed by atoms with Crippen molar-refractivity contribution in [3.05, 3.63) is 72.3 Å². The van der Waals surface area contributed by atoms with E-state index in [2.05, 4.69) is 5.10 Å². The highest BCUT2D eigenvalue weighted by molar-refractivity contribution is 5.94. The largest absolute Gasteiger partial charge is 0.330 e. The van der Waals surface area contributed by atoms with Crippen LogP contribution in [0.25, 0.3) is 5.69 Å². The third kappa shape index (κ3) is 2.97. The van der Waals surface area contributed by atoms with Gasteiger partial charge in [0.2, 0.25) is 0 Å². The SMILES string of the molecule is Cn1nccc1C1CCCCN1C(=O)c1ccc(-n2cccc2)cc1. The standard InChI is InChI=1S/C20H22N4O/c1-22-18(11-12-21-22)19-6-2-3-15-24(19)20(25)16-7-9-17(10-8-16)23-13-4-5-14-23/h4-5,7-14,19H,2-3,6,15H2,1H3. The maximum Gasteiger partial charge on any atom is 0.254 e. The molecule has 1 atom stereocenters. The number of hydrogen-bond donors (Lipinski definition) is 0. The molecular formula is C20H22N4O. The van der Waals surface area contributed by atoms with E-state index in [0.717, 1.165) is 42.8 Å². The minimum absolute atomic E-state index is 0.102. The normalized spacial score (nSPS) is 17.6. The zero-order valence-electron chi connectivity index (χ0n) is 14.4. The smallest absolute Gasteiger partial charge is 0.254 e. The van der Waals surface area contributed by atoms with Gasteiger partial charge in [-0.25, -0.2) is 0 Å². The van der Waals surface area contributed by atoms with Crippen molar-refractivity contribution >= 4 is 5.91 Å². The molecule has 4 rings (SSSR count). The summed E-state index contributed by atoms with van der Waals surface area (Å²) in [5, 5.41) is 4.27. The van der Waals surface area contributed by atoms with Gasteiger partial charge in [-0.05, 0) is 61.7 Å². The molecule has 3 aromatic rings. The summed E-state index contributed by atoms with van der Waals surface area (Å²) in [6.45, 7) is 0.800. The van der Waals surface area contributed by atoms with Gasteiger partial charge in [0.1, 0.15) is 0 Å². The number of piperidine rings is 1. The third-order valence-electron chi connectivity index (χ3n) is 4.98. The van der Waals surface area contributed by atoms with Crippen LogP contribution in [0.2, 0.25) is 0 Å². The predicted molar refractivity (Wildman–Crippen MR) is 96.6 cm³/mol. The first-order valence-electron chi connectivity index (χ1n) is 8.76. The van der Waals surface area contributed by atoms with Gasteiger partial charge < -0.3 is 9.47 Å². The van der Waals surface area contributed by atoms with E-state index in [0.29, 0.717) is 0 Å². The summed E-state index contributed by atoms with van der Waals surface area (Å²) in [4.78, 5) is 15.1. The van der Waals surface area contributed by atoms with Crippen molar-refractivity contribution in [1.29, 1.82) is 0 Å². The van der Waals surface area contributed by atoms with Crippen LogP contribution in [0.15, 0.2) is 61.1 Å². The Morgan fingerprint density at radius 3 is 2.52 bits per heavy atom. The van der Waals surface area contributed by atoms with Crippen molar-refractivity contribution in [2.45, 2.75) is 25.3 Å². The van der Waals surface area contributed by atoms with Gasteiger partial charge in [0.15, 0.2) is 0 Å². The number of carbonyl (C=O) groups excluding carboxylic acids is 1. The monoisotopic (exact) mass is 334 g/mol. The van der Waals surface area contributed by atoms with Gasteiger partial charge in [0.25, 0.3) is 5.91 Å². The molecule has 128 valence electrons. The van der Waals surface area contributed by atoms with E-state index >= 15 is 0 Å². The van der Waals surface area contributed by atoms with Crippen LogP contribution in [-0.4, -0.2) is 31.7 Å². The molecule has 5 heteroatoms. The molecule has 0 aliphatic carbocycles. The van der Waals surface area contributed by atoms with E-state index in [4.69, 9.17) is 0 Å². The topological polar surface area (TPSA) is 43.1 Å². The summed E-state index contributed by atoms with van der Waals surface area (Å²) < 4.78 is 3.92. The van der Waals surface area contributed by atoms with Gasteiger partial charge in [0, 0.05) is 43.4 Å². The van der Waals surface area contributed by atoms with Crippen molar-refractivity contribution in [2.75, 3.05) is 6.54 Å². The number of carbonyl (C=O) groups is 1. The second-order valence-corrected chi connectivity index (χ2v) is 6.53. The lowest BCUT2D eigenvalue weighted by atomic mass is 9.98. The van der Waals surface area contributed by atoms with E-state index in [1.54, 1.807) is 6.20 Å². The van der Waals surface area contributed by atoms with Crippen molar-refractivity contribution < 1.29 is 4.79 Å². The molecular weight excluding hydrogens is 312 g/mol. The fraction of sp³-hybridized carbons (Fsp3) is 0.300. The van der Waals surface area contributed by atoms with Gasteiger partial charge >= 0.3 is 0 Å². The first-order chi connectivity index (χ1) is 12.2. The van der Waals surface area contributed by atoms with E-state index in [1.165, 1.54) is 0 Å². The summed E-state index contributed by atoms with van der Waals surface area (Å²) in [6, 6.07) is 14.0. The average Bonchev–Trinajstić information content (AvgIpc) is 3.33. The molecule has 0 saturated carbocycles. The van der Waals surface area contributed by atoms with Crippen molar-refractivity contribution in [2.24, 2.45) is 7.05 Å². The maximum absolute atomic E-state index is 13.1. The molecule has 1 amide bonds. The molecule has 1 fully saturated rings. The molecule has 1 unspecified atom stereocenters. The van der Waals surface area contributed by atoms with Crippen LogP contribution in [0.1, 0.15) is 41.4 Å². The quantitative estimate of drug-likeness (QED) is 0.735. The molecule has 0 bridgehead atoms. The number of hydrogen-bond acceptors (Lipinski definition) is 2. The molecule has 0 N–H and O–H groups in total. The van der Waals surface area contributed by atoms with E-state index < -0.39 is 0 Å². The highest BCUT2D eigenvalue weighted by atomic mass is 16.2. The fourth-order valence-corrected chi connectivity index (χ4v) is 3.64. The Bertz CT molecular complexity index is 848. The number of aromatic nitrogens is 3. The van der Waals surface area contributed by atoms with Crippen molar-refractivity contribution in [3.63, 3.8) is 0 Å². The molecule has 0 spiro atoms. The summed E-state index contributed by atoms with van der Waals surface area (Å²) in [5.74, 6) is 0.102. The van der Waals surface area contributed by atoms with Crippen LogP contribution < -0.4 is 0 Å². The minimum atomic E-state index is 0.102. The zero-order chi connectivity index (χ0) is 17.2. The molecule has 1 aliphatic heterocycles. The van der Waals surface area contributed by atoms with E-state index in [-0.39, 0.29) is 11.9 Å². The number of benzene rings is 1. The predicted octanol–water partition coefficient (Wildman–Crippen LogP) is 3.58. The lowest BCUT2D eigenvalue weighted by Gasteiger charge is -2.36. The molecule has 5 nitrogen and oxygen atoms in total. The highest BCUT2D eigenvalue weighted by Gasteiger charge is 2.30. The summed E-state index contributed by atoms with van der Waals surface area (Å²) in [7, 11) is 1.94. The molecule has 1 aromatic carbocycles. The van der Waals surface area contributed by atoms with E-state index in [9.17, 15) is 4.79 Å². The Balaban J connectivity index is 1.59. The Morgan fingerprint density at radius 1 is 1.08 bits per heavy atom. The van der Waals surface area contributed by atoms with Gasteiger partial charge in [-0.15, -0.1) is 0 Å². The Hall–Kier alpha value is -2.82. The number of rotatable bonds is 3. The molecule has 25 heavy (non-hydrogen) atoms. The zero-order valence-corrected chi connectivity index (χ0v) is 14.4. The van der Waals surface area contributed by atoms with Crippen molar-refractivity contribution in [3.8, 4) is 5.69 Å². The Morgan fingerprint density at radius 2 is 1.84 bits per heavy atom. The van der Waals surface area contributed by atoms with Gasteiger partial charge in [-0.1, -0.05) is 0 Å². The second kappa shape index (κ2) is 6.59. The van der Waals surface area contributed by atoms with Crippen LogP contribution in [0.5, 0.6) is 0 Å². The number of nitrogens with zero attached hydrogens (tertiary/aromatic N) is 4. The first-order valence-corrected chi connectivity index (χ1v) is 8.76. The molecule has 3 heterocycles. The molecule has 0 radical (unpaired) electrons. The second-order valence-electron chi connectivity index (χ2n) is 6.53. The van der Waals surface area contributed by atoms with Crippen LogP contribution in [0, 0.1) is 0 Å². The van der Waals surface area contributed by atoms with Crippen molar-refractivity contribution in [1.82, 2.24) is 19.2 Å². The van der Waals surface area contributed by atoms with Gasteiger partial charge in [-0.3, -0.25) is 9.48 Å². The van der Waals surface area contributed by atoms with Crippen LogP contribution >= 0.6 is 0 Å². The fourth-order valence-electron chi connectivity index (χ4n) is 3.64. The first kappa shape index (κ1) is 15.7. The lowest BCUT2D eigenvalue weighted by molar-refractivity contribution is 0.0601. The Labute approximate surface area is 147 Å². The summed E-state index contributed by atoms with van der Waals surface area (Å²) >= 11 is 0. The number of likely N-dealkylation sites (tertiary alicyclic amines) is 1. The van der Waals surface area contributed by atoms with Gasteiger partial charge in [0.05, 0.1) is 11.7 Å². The number of amides is 1. The third-order valence-corrected chi connectivity index (χ3v) is 4.98. The number of aryl methyl sites for hydroxylation is 1. The van der Waals surface area contributed by atoms with Crippen LogP contribution in [-0.2, 0) is 7.05 Å². The van der Waals surface area contributed by atoms with Gasteiger partial charge in [-0.2, -0.15) is 5.10 Å². The Kier molecular flexibility index (Phi) is 4.14. The average molecular weight is 334 g/mol. The van der Waals surface area contributed by atoms with Crippen LogP contribution in [0.3, 0.4) is 0 Å². The molecule has 2 aromatic heterocycles. The van der Waals surface area contributed by atoms with Crippen LogP contribution in [0.4, 0.5) is 0 Å². The highest BCUT2D eigenvalue weighted by Crippen LogP contribution is 2.31. The maximum atomic E-state index is 13.1. The summed E-state index contributed by atoms with van der Waals surface area (Å²) in [6.07, 6.45) is 9.00. The molecule has 1 aliphatic rings. The summed E-state index contributed by atoms with van der Waals surface area (Å²) in [5.41, 5.74) is 2.91. The molecule has 1 saturated heterocycles. The lowest BCUT2D eigenvalue weighted by Crippen LogP contribution is -2.39. The minimum Gasteiger partial charge on any atom is -0.330 e. The van der Waals surface area contributed by atoms with E-state index in [1.807, 2.05) is 76.1 Å².